The first-order chi connectivity index (χ1) is 11.8. The molecule has 4 heteroatoms. The summed E-state index contributed by atoms with van der Waals surface area (Å²) in [5, 5.41) is 19.4. The van der Waals surface area contributed by atoms with E-state index in [1.165, 1.54) is 32.1 Å². The molecule has 0 amide bonds. The topological polar surface area (TPSA) is 74.6 Å². The normalized spacial score (nSPS) is 26.7. The number of rotatable bonds is 12. The van der Waals surface area contributed by atoms with Gasteiger partial charge in [-0.1, -0.05) is 65.7 Å². The maximum Gasteiger partial charge on any atom is 0.309 e. The van der Waals surface area contributed by atoms with Gasteiger partial charge in [0, 0.05) is 0 Å². The van der Waals surface area contributed by atoms with Crippen molar-refractivity contribution in [2.75, 3.05) is 0 Å². The van der Waals surface area contributed by atoms with Crippen molar-refractivity contribution >= 4 is 11.9 Å². The Kier molecular flexibility index (Phi) is 9.52. The lowest BCUT2D eigenvalue weighted by Gasteiger charge is -2.44. The number of hydrogen-bond acceptors (Lipinski definition) is 2. The minimum absolute atomic E-state index is 0.00195. The van der Waals surface area contributed by atoms with Crippen molar-refractivity contribution in [1.82, 2.24) is 0 Å². The maximum absolute atomic E-state index is 12.2. The lowest BCUT2D eigenvalue weighted by molar-refractivity contribution is -0.162. The van der Waals surface area contributed by atoms with E-state index in [9.17, 15) is 19.8 Å². The minimum atomic E-state index is -0.756. The van der Waals surface area contributed by atoms with E-state index in [4.69, 9.17) is 0 Å². The molecule has 25 heavy (non-hydrogen) atoms. The molecule has 0 aromatic rings. The third-order valence-corrected chi connectivity index (χ3v) is 5.99. The molecule has 2 N–H and O–H groups in total. The van der Waals surface area contributed by atoms with Crippen LogP contribution in [0.3, 0.4) is 0 Å². The summed E-state index contributed by atoms with van der Waals surface area (Å²) < 4.78 is 0. The third kappa shape index (κ3) is 6.63. The molecule has 3 unspecified atom stereocenters. The molecule has 1 aliphatic carbocycles. The van der Waals surface area contributed by atoms with E-state index in [0.29, 0.717) is 31.6 Å². The summed E-state index contributed by atoms with van der Waals surface area (Å²) in [5.74, 6) is -1.52. The van der Waals surface area contributed by atoms with Crippen LogP contribution in [0.5, 0.6) is 0 Å². The summed E-state index contributed by atoms with van der Waals surface area (Å²) in [5.41, 5.74) is -0.720. The fourth-order valence-corrected chi connectivity index (χ4v) is 4.66. The van der Waals surface area contributed by atoms with Crippen LogP contribution in [0.1, 0.15) is 97.8 Å². The van der Waals surface area contributed by atoms with Gasteiger partial charge in [-0.3, -0.25) is 9.59 Å². The summed E-state index contributed by atoms with van der Waals surface area (Å²) >= 11 is 0. The molecule has 146 valence electrons. The van der Waals surface area contributed by atoms with E-state index in [1.54, 1.807) is 0 Å². The van der Waals surface area contributed by atoms with Crippen molar-refractivity contribution in [3.05, 3.63) is 0 Å². The molecule has 4 nitrogen and oxygen atoms in total. The first-order valence-electron chi connectivity index (χ1n) is 10.3. The van der Waals surface area contributed by atoms with Crippen LogP contribution in [0.4, 0.5) is 0 Å². The smallest absolute Gasteiger partial charge is 0.309 e. The van der Waals surface area contributed by atoms with Gasteiger partial charge in [-0.2, -0.15) is 0 Å². The fourth-order valence-electron chi connectivity index (χ4n) is 4.66. The van der Waals surface area contributed by atoms with Crippen LogP contribution in [0.15, 0.2) is 0 Å². The van der Waals surface area contributed by atoms with Gasteiger partial charge in [0.25, 0.3) is 0 Å². The first-order valence-corrected chi connectivity index (χ1v) is 10.3. The Labute approximate surface area is 153 Å². The summed E-state index contributed by atoms with van der Waals surface area (Å²) in [6.07, 6.45) is 11.5. The van der Waals surface area contributed by atoms with Crippen molar-refractivity contribution in [3.63, 3.8) is 0 Å². The van der Waals surface area contributed by atoms with Crippen molar-refractivity contribution in [1.29, 1.82) is 0 Å². The average Bonchev–Trinajstić information content (AvgIpc) is 2.54. The predicted octanol–water partition coefficient (Wildman–Crippen LogP) is 5.75. The number of aliphatic carboxylic acids is 2. The highest BCUT2D eigenvalue weighted by molar-refractivity contribution is 5.76. The molecule has 1 fully saturated rings. The van der Waals surface area contributed by atoms with Gasteiger partial charge < -0.3 is 10.2 Å². The maximum atomic E-state index is 12.2. The van der Waals surface area contributed by atoms with E-state index in [0.717, 1.165) is 19.3 Å². The molecular formula is C21H38O4. The third-order valence-electron chi connectivity index (χ3n) is 5.99. The highest BCUT2D eigenvalue weighted by Crippen LogP contribution is 2.50. The zero-order valence-corrected chi connectivity index (χ0v) is 16.4. The highest BCUT2D eigenvalue weighted by Gasteiger charge is 2.50. The van der Waals surface area contributed by atoms with Crippen LogP contribution in [0.2, 0.25) is 0 Å². The zero-order valence-electron chi connectivity index (χ0n) is 16.4. The highest BCUT2D eigenvalue weighted by atomic mass is 16.4. The largest absolute Gasteiger partial charge is 0.481 e. The SMILES string of the molecule is CCCCCCCCCC1CC(C(=O)O)CCC1(CC(C)C)C(=O)O. The standard InChI is InChI=1S/C21H38O4/c1-4-5-6-7-8-9-10-11-18-14-17(19(22)23)12-13-21(18,20(24)25)15-16(2)3/h16-18H,4-15H2,1-3H3,(H,22,23)(H,24,25). The van der Waals surface area contributed by atoms with Gasteiger partial charge >= 0.3 is 11.9 Å². The summed E-state index contributed by atoms with van der Waals surface area (Å²) in [4.78, 5) is 23.6. The van der Waals surface area contributed by atoms with Crippen LogP contribution >= 0.6 is 0 Å². The lowest BCUT2D eigenvalue weighted by Crippen LogP contribution is -2.45. The molecule has 0 saturated heterocycles. The molecule has 1 saturated carbocycles. The van der Waals surface area contributed by atoms with Crippen molar-refractivity contribution in [2.45, 2.75) is 97.8 Å². The van der Waals surface area contributed by atoms with Gasteiger partial charge in [0.1, 0.15) is 0 Å². The van der Waals surface area contributed by atoms with Crippen LogP contribution in [0.25, 0.3) is 0 Å². The Bertz CT molecular complexity index is 418. The summed E-state index contributed by atoms with van der Waals surface area (Å²) in [6.45, 7) is 6.35. The Hall–Kier alpha value is -1.06. The second kappa shape index (κ2) is 10.8. The Morgan fingerprint density at radius 3 is 2.16 bits per heavy atom. The van der Waals surface area contributed by atoms with Gasteiger partial charge in [-0.25, -0.2) is 0 Å². The van der Waals surface area contributed by atoms with Gasteiger partial charge in [-0.05, 0) is 43.9 Å². The molecule has 0 aromatic carbocycles. The van der Waals surface area contributed by atoms with Crippen LogP contribution < -0.4 is 0 Å². The van der Waals surface area contributed by atoms with Crippen molar-refractivity contribution < 1.29 is 19.8 Å². The number of carboxylic acid groups (broad SMARTS) is 2. The van der Waals surface area contributed by atoms with E-state index in [-0.39, 0.29) is 11.8 Å². The van der Waals surface area contributed by atoms with Gasteiger partial charge in [-0.15, -0.1) is 0 Å². The Balaban J connectivity index is 2.67. The molecule has 1 rings (SSSR count). The second-order valence-corrected chi connectivity index (χ2v) is 8.48. The molecule has 3 atom stereocenters. The van der Waals surface area contributed by atoms with Crippen LogP contribution in [-0.4, -0.2) is 22.2 Å². The van der Waals surface area contributed by atoms with Gasteiger partial charge in [0.15, 0.2) is 0 Å². The van der Waals surface area contributed by atoms with E-state index in [1.807, 2.05) is 0 Å². The van der Waals surface area contributed by atoms with E-state index >= 15 is 0 Å². The second-order valence-electron chi connectivity index (χ2n) is 8.48. The first kappa shape index (κ1) is 22.0. The lowest BCUT2D eigenvalue weighted by atomic mass is 9.59. The quantitative estimate of drug-likeness (QED) is 0.438. The van der Waals surface area contributed by atoms with Gasteiger partial charge in [0.2, 0.25) is 0 Å². The molecule has 0 spiro atoms. The number of carboxylic acids is 2. The Morgan fingerprint density at radius 1 is 1.04 bits per heavy atom. The molecule has 1 aliphatic rings. The van der Waals surface area contributed by atoms with E-state index in [2.05, 4.69) is 20.8 Å². The van der Waals surface area contributed by atoms with E-state index < -0.39 is 17.4 Å². The van der Waals surface area contributed by atoms with Crippen molar-refractivity contribution in [2.24, 2.45) is 23.2 Å². The summed E-state index contributed by atoms with van der Waals surface area (Å²) in [6, 6.07) is 0. The number of hydrogen-bond donors (Lipinski definition) is 2. The Morgan fingerprint density at radius 2 is 1.64 bits per heavy atom. The predicted molar refractivity (Wildman–Crippen MR) is 101 cm³/mol. The number of unbranched alkanes of at least 4 members (excludes halogenated alkanes) is 6. The van der Waals surface area contributed by atoms with Crippen LogP contribution in [0, 0.1) is 23.2 Å². The van der Waals surface area contributed by atoms with Gasteiger partial charge in [0.05, 0.1) is 11.3 Å². The molecule has 0 bridgehead atoms. The molecular weight excluding hydrogens is 316 g/mol. The zero-order chi connectivity index (χ0) is 18.9. The van der Waals surface area contributed by atoms with Crippen LogP contribution in [-0.2, 0) is 9.59 Å². The fraction of sp³-hybridized carbons (Fsp3) is 0.905. The molecule has 0 heterocycles. The monoisotopic (exact) mass is 354 g/mol. The molecule has 0 radical (unpaired) electrons. The number of carbonyl (C=O) groups is 2. The minimum Gasteiger partial charge on any atom is -0.481 e. The molecule has 0 aromatic heterocycles. The van der Waals surface area contributed by atoms with Crippen molar-refractivity contribution in [3.8, 4) is 0 Å². The average molecular weight is 355 g/mol. The molecule has 0 aliphatic heterocycles. The summed E-state index contributed by atoms with van der Waals surface area (Å²) in [7, 11) is 0.